The molecule has 1 aliphatic heterocycles. The van der Waals surface area contributed by atoms with E-state index in [1.807, 2.05) is 6.92 Å². The molecule has 0 spiro atoms. The Morgan fingerprint density at radius 3 is 2.25 bits per heavy atom. The maximum Gasteiger partial charge on any atom is 0.305 e. The van der Waals surface area contributed by atoms with E-state index in [0.717, 1.165) is 4.43 Å². The lowest BCUT2D eigenvalue weighted by Gasteiger charge is -2.19. The minimum atomic E-state index is -0.781. The number of rotatable bonds is 3. The predicted molar refractivity (Wildman–Crippen MR) is 64.0 cm³/mol. The number of halogens is 1. The van der Waals surface area contributed by atoms with Gasteiger partial charge in [0, 0.05) is 24.2 Å². The molecule has 1 heterocycles. The van der Waals surface area contributed by atoms with E-state index in [4.69, 9.17) is 14.2 Å². The number of hydrogen-bond donors (Lipinski definition) is 0. The molecule has 1 fully saturated rings. The van der Waals surface area contributed by atoms with Gasteiger partial charge < -0.3 is 14.2 Å². The highest BCUT2D eigenvalue weighted by molar-refractivity contribution is 14.1. The number of ether oxygens (including phenoxy) is 3. The second kappa shape index (κ2) is 5.81. The molecule has 0 aromatic heterocycles. The Hall–Kier alpha value is -0.370. The number of carbonyl (C=O) groups excluding carboxylic acids is 2. The molecular weight excluding hydrogens is 327 g/mol. The van der Waals surface area contributed by atoms with Crippen LogP contribution in [0, 0.1) is 5.92 Å². The van der Waals surface area contributed by atoms with Crippen molar-refractivity contribution in [2.24, 2.45) is 5.92 Å². The fourth-order valence-corrected chi connectivity index (χ4v) is 2.63. The van der Waals surface area contributed by atoms with Gasteiger partial charge in [0.1, 0.15) is 0 Å². The first-order chi connectivity index (χ1) is 7.45. The number of esters is 2. The Morgan fingerprint density at radius 1 is 1.25 bits per heavy atom. The quantitative estimate of drug-likeness (QED) is 0.439. The lowest BCUT2D eigenvalue weighted by Crippen LogP contribution is -2.33. The SMILES string of the molecule is CC(=O)OC1O[C@H](CI)[C@@H](C)[C@H]1OC(C)=O. The third-order valence-electron chi connectivity index (χ3n) is 2.42. The van der Waals surface area contributed by atoms with Crippen molar-refractivity contribution in [2.75, 3.05) is 4.43 Å². The third kappa shape index (κ3) is 3.31. The molecule has 1 aliphatic rings. The molecule has 0 aliphatic carbocycles. The van der Waals surface area contributed by atoms with Gasteiger partial charge >= 0.3 is 11.9 Å². The lowest BCUT2D eigenvalue weighted by molar-refractivity contribution is -0.193. The molecule has 1 rings (SSSR count). The second-order valence-corrected chi connectivity index (χ2v) is 4.62. The smallest absolute Gasteiger partial charge is 0.305 e. The molecule has 1 unspecified atom stereocenters. The van der Waals surface area contributed by atoms with Gasteiger partial charge in [-0.1, -0.05) is 29.5 Å². The summed E-state index contributed by atoms with van der Waals surface area (Å²) in [6, 6.07) is 0. The molecule has 0 aromatic rings. The molecule has 5 nitrogen and oxygen atoms in total. The van der Waals surface area contributed by atoms with Crippen molar-refractivity contribution in [3.05, 3.63) is 0 Å². The fraction of sp³-hybridized carbons (Fsp3) is 0.800. The summed E-state index contributed by atoms with van der Waals surface area (Å²) in [5, 5.41) is 0. The summed E-state index contributed by atoms with van der Waals surface area (Å²) >= 11 is 2.19. The molecule has 16 heavy (non-hydrogen) atoms. The molecule has 4 atom stereocenters. The largest absolute Gasteiger partial charge is 0.455 e. The van der Waals surface area contributed by atoms with Gasteiger partial charge in [0.15, 0.2) is 6.10 Å². The van der Waals surface area contributed by atoms with Gasteiger partial charge in [-0.05, 0) is 0 Å². The lowest BCUT2D eigenvalue weighted by atomic mass is 10.0. The van der Waals surface area contributed by atoms with E-state index in [9.17, 15) is 9.59 Å². The zero-order valence-corrected chi connectivity index (χ0v) is 11.6. The summed E-state index contributed by atoms with van der Waals surface area (Å²) in [7, 11) is 0. The van der Waals surface area contributed by atoms with Crippen LogP contribution in [0.4, 0.5) is 0 Å². The van der Waals surface area contributed by atoms with E-state index in [1.54, 1.807) is 0 Å². The normalized spacial score (nSPS) is 33.5. The first-order valence-corrected chi connectivity index (χ1v) is 6.54. The van der Waals surface area contributed by atoms with Gasteiger partial charge in [-0.3, -0.25) is 9.59 Å². The van der Waals surface area contributed by atoms with Crippen LogP contribution in [0.3, 0.4) is 0 Å². The van der Waals surface area contributed by atoms with Crippen LogP contribution in [0.2, 0.25) is 0 Å². The van der Waals surface area contributed by atoms with Gasteiger partial charge in [0.25, 0.3) is 0 Å². The van der Waals surface area contributed by atoms with Crippen LogP contribution in [0.1, 0.15) is 20.8 Å². The fourth-order valence-electron chi connectivity index (χ4n) is 1.62. The topological polar surface area (TPSA) is 61.8 Å². The highest BCUT2D eigenvalue weighted by Gasteiger charge is 2.45. The maximum atomic E-state index is 11.0. The van der Waals surface area contributed by atoms with Crippen LogP contribution in [0.15, 0.2) is 0 Å². The number of carbonyl (C=O) groups is 2. The van der Waals surface area contributed by atoms with Gasteiger partial charge in [0.2, 0.25) is 6.29 Å². The van der Waals surface area contributed by atoms with Crippen LogP contribution in [-0.4, -0.2) is 34.9 Å². The summed E-state index contributed by atoms with van der Waals surface area (Å²) in [5.41, 5.74) is 0. The van der Waals surface area contributed by atoms with Gasteiger partial charge in [-0.15, -0.1) is 0 Å². The average molecular weight is 342 g/mol. The Bertz CT molecular complexity index is 280. The van der Waals surface area contributed by atoms with Crippen molar-refractivity contribution < 1.29 is 23.8 Å². The molecular formula is C10H15IO5. The van der Waals surface area contributed by atoms with Crippen LogP contribution in [0.25, 0.3) is 0 Å². The molecule has 92 valence electrons. The molecule has 0 aromatic carbocycles. The summed E-state index contributed by atoms with van der Waals surface area (Å²) in [6.07, 6.45) is -1.35. The summed E-state index contributed by atoms with van der Waals surface area (Å²) < 4.78 is 16.4. The van der Waals surface area contributed by atoms with E-state index in [1.165, 1.54) is 13.8 Å². The third-order valence-corrected chi connectivity index (χ3v) is 3.29. The van der Waals surface area contributed by atoms with Crippen molar-refractivity contribution in [2.45, 2.75) is 39.3 Å². The van der Waals surface area contributed by atoms with E-state index < -0.39 is 24.3 Å². The molecule has 0 radical (unpaired) electrons. The average Bonchev–Trinajstić information content (AvgIpc) is 2.44. The minimum absolute atomic E-state index is 0.0187. The van der Waals surface area contributed by atoms with Crippen molar-refractivity contribution in [1.82, 2.24) is 0 Å². The van der Waals surface area contributed by atoms with E-state index in [2.05, 4.69) is 22.6 Å². The standard InChI is InChI=1S/C10H15IO5/c1-5-8(4-11)16-10(15-7(3)13)9(5)14-6(2)12/h5,8-10H,4H2,1-3H3/t5-,8-,9-,10?/m1/s1. The Balaban J connectivity index is 2.72. The highest BCUT2D eigenvalue weighted by Crippen LogP contribution is 2.31. The number of hydrogen-bond acceptors (Lipinski definition) is 5. The molecule has 0 N–H and O–H groups in total. The van der Waals surface area contributed by atoms with Crippen LogP contribution in [-0.2, 0) is 23.8 Å². The Morgan fingerprint density at radius 2 is 1.81 bits per heavy atom. The maximum absolute atomic E-state index is 11.0. The highest BCUT2D eigenvalue weighted by atomic mass is 127. The van der Waals surface area contributed by atoms with Gasteiger partial charge in [-0.2, -0.15) is 0 Å². The molecule has 0 saturated carbocycles. The summed E-state index contributed by atoms with van der Waals surface area (Å²) in [4.78, 5) is 21.8. The summed E-state index contributed by atoms with van der Waals surface area (Å²) in [5.74, 6) is -0.819. The summed E-state index contributed by atoms with van der Waals surface area (Å²) in [6.45, 7) is 4.55. The van der Waals surface area contributed by atoms with E-state index in [-0.39, 0.29) is 12.0 Å². The van der Waals surface area contributed by atoms with E-state index in [0.29, 0.717) is 0 Å². The monoisotopic (exact) mass is 342 g/mol. The first-order valence-electron chi connectivity index (χ1n) is 5.01. The van der Waals surface area contributed by atoms with Crippen LogP contribution >= 0.6 is 22.6 Å². The zero-order valence-electron chi connectivity index (χ0n) is 9.44. The molecule has 1 saturated heterocycles. The number of alkyl halides is 1. The van der Waals surface area contributed by atoms with Crippen molar-refractivity contribution in [1.29, 1.82) is 0 Å². The zero-order chi connectivity index (χ0) is 12.3. The second-order valence-electron chi connectivity index (χ2n) is 3.74. The van der Waals surface area contributed by atoms with Crippen LogP contribution < -0.4 is 0 Å². The Kier molecular flexibility index (Phi) is 4.97. The van der Waals surface area contributed by atoms with Gasteiger partial charge in [-0.25, -0.2) is 0 Å². The van der Waals surface area contributed by atoms with Crippen molar-refractivity contribution in [3.63, 3.8) is 0 Å². The first kappa shape index (κ1) is 13.7. The minimum Gasteiger partial charge on any atom is -0.455 e. The molecule has 0 amide bonds. The van der Waals surface area contributed by atoms with Gasteiger partial charge in [0.05, 0.1) is 6.10 Å². The Labute approximate surface area is 108 Å². The van der Waals surface area contributed by atoms with Crippen molar-refractivity contribution in [3.8, 4) is 0 Å². The van der Waals surface area contributed by atoms with Crippen LogP contribution in [0.5, 0.6) is 0 Å². The predicted octanol–water partition coefficient (Wildman–Crippen LogP) is 1.28. The molecule has 6 heteroatoms. The molecule has 0 bridgehead atoms. The van der Waals surface area contributed by atoms with E-state index >= 15 is 0 Å². The van der Waals surface area contributed by atoms with Crippen molar-refractivity contribution >= 4 is 34.5 Å².